The highest BCUT2D eigenvalue weighted by Crippen LogP contribution is 2.47. The van der Waals surface area contributed by atoms with Crippen molar-refractivity contribution >= 4 is 17.3 Å². The normalized spacial score (nSPS) is 23.1. The van der Waals surface area contributed by atoms with Gasteiger partial charge in [0, 0.05) is 26.2 Å². The molecule has 2 aromatic rings. The van der Waals surface area contributed by atoms with Crippen molar-refractivity contribution in [3.8, 4) is 5.75 Å². The number of rotatable bonds is 4. The molecule has 0 bridgehead atoms. The number of fused-ring (bicyclic) bond motifs is 1. The van der Waals surface area contributed by atoms with Gasteiger partial charge in [-0.05, 0) is 50.4 Å². The standard InChI is InChI=1S/C24H31N3O2/c1-24(2)17-14-20(21(29-5)15-19(17)27(4)23(24)28)26(3)18-12-9-13-25-22(18)16-10-7-6-8-11-16/h6-8,10-11,14-15,18,22,25H,9,12-13H2,1-5H3/t18-,22-/m0/s1. The number of methoxy groups -OCH3 is 1. The number of nitrogens with zero attached hydrogens (tertiary/aromatic N) is 2. The number of nitrogens with one attached hydrogen (secondary N) is 1. The molecular formula is C24H31N3O2. The Hall–Kier alpha value is -2.53. The van der Waals surface area contributed by atoms with Crippen molar-refractivity contribution in [3.63, 3.8) is 0 Å². The minimum absolute atomic E-state index is 0.121. The second kappa shape index (κ2) is 7.38. The minimum Gasteiger partial charge on any atom is -0.495 e. The molecule has 2 atom stereocenters. The Morgan fingerprint density at radius 2 is 1.93 bits per heavy atom. The Balaban J connectivity index is 1.76. The van der Waals surface area contributed by atoms with E-state index >= 15 is 0 Å². The molecule has 5 heteroatoms. The van der Waals surface area contributed by atoms with Gasteiger partial charge in [0.05, 0.1) is 29.9 Å². The van der Waals surface area contributed by atoms with Crippen molar-refractivity contribution in [1.82, 2.24) is 5.32 Å². The Kier molecular flexibility index (Phi) is 5.03. The van der Waals surface area contributed by atoms with Crippen LogP contribution in [-0.4, -0.2) is 39.7 Å². The van der Waals surface area contributed by atoms with Gasteiger partial charge in [-0.2, -0.15) is 0 Å². The smallest absolute Gasteiger partial charge is 0.236 e. The molecule has 1 saturated heterocycles. The van der Waals surface area contributed by atoms with Crippen molar-refractivity contribution in [2.45, 2.75) is 44.2 Å². The second-order valence-corrected chi connectivity index (χ2v) is 8.69. The lowest BCUT2D eigenvalue weighted by Gasteiger charge is -2.41. The average molecular weight is 394 g/mol. The molecule has 0 saturated carbocycles. The molecule has 154 valence electrons. The van der Waals surface area contributed by atoms with E-state index in [1.165, 1.54) is 5.56 Å². The zero-order valence-electron chi connectivity index (χ0n) is 18.0. The van der Waals surface area contributed by atoms with Crippen LogP contribution in [0.5, 0.6) is 5.75 Å². The monoisotopic (exact) mass is 393 g/mol. The molecule has 0 unspecified atom stereocenters. The van der Waals surface area contributed by atoms with Gasteiger partial charge in [0.1, 0.15) is 5.75 Å². The van der Waals surface area contributed by atoms with Crippen molar-refractivity contribution in [3.05, 3.63) is 53.6 Å². The summed E-state index contributed by atoms with van der Waals surface area (Å²) >= 11 is 0. The van der Waals surface area contributed by atoms with Crippen molar-refractivity contribution < 1.29 is 9.53 Å². The van der Waals surface area contributed by atoms with Gasteiger partial charge in [0.25, 0.3) is 0 Å². The lowest BCUT2D eigenvalue weighted by Crippen LogP contribution is -2.47. The SMILES string of the molecule is COc1cc2c(cc1N(C)[C@H]1CCCN[C@H]1c1ccccc1)C(C)(C)C(=O)N2C. The third-order valence-electron chi connectivity index (χ3n) is 6.63. The molecule has 0 aromatic heterocycles. The predicted octanol–water partition coefficient (Wildman–Crippen LogP) is 3.88. The van der Waals surface area contributed by atoms with E-state index in [0.29, 0.717) is 6.04 Å². The number of benzene rings is 2. The highest BCUT2D eigenvalue weighted by Gasteiger charge is 2.43. The predicted molar refractivity (Wildman–Crippen MR) is 118 cm³/mol. The van der Waals surface area contributed by atoms with Gasteiger partial charge in [-0.3, -0.25) is 4.79 Å². The van der Waals surface area contributed by atoms with Crippen LogP contribution in [-0.2, 0) is 10.2 Å². The third kappa shape index (κ3) is 3.18. The Labute approximate surface area is 173 Å². The molecule has 2 aromatic carbocycles. The van der Waals surface area contributed by atoms with Crippen LogP contribution in [0.3, 0.4) is 0 Å². The molecule has 1 amide bonds. The van der Waals surface area contributed by atoms with E-state index < -0.39 is 5.41 Å². The Morgan fingerprint density at radius 3 is 2.62 bits per heavy atom. The average Bonchev–Trinajstić information content (AvgIpc) is 2.92. The number of hydrogen-bond donors (Lipinski definition) is 1. The molecule has 5 nitrogen and oxygen atoms in total. The molecule has 0 aliphatic carbocycles. The zero-order chi connectivity index (χ0) is 20.8. The first-order valence-corrected chi connectivity index (χ1v) is 10.4. The molecule has 2 aliphatic rings. The molecule has 2 aliphatic heterocycles. The maximum absolute atomic E-state index is 12.8. The van der Waals surface area contributed by atoms with E-state index in [-0.39, 0.29) is 11.9 Å². The Bertz CT molecular complexity index is 910. The van der Waals surface area contributed by atoms with Crippen LogP contribution < -0.4 is 19.9 Å². The summed E-state index contributed by atoms with van der Waals surface area (Å²) in [6.07, 6.45) is 2.24. The van der Waals surface area contributed by atoms with Crippen LogP contribution >= 0.6 is 0 Å². The summed E-state index contributed by atoms with van der Waals surface area (Å²) in [7, 11) is 5.69. The summed E-state index contributed by atoms with van der Waals surface area (Å²) in [4.78, 5) is 16.8. The number of amides is 1. The molecule has 0 spiro atoms. The summed E-state index contributed by atoms with van der Waals surface area (Å²) in [5, 5.41) is 3.71. The number of hydrogen-bond acceptors (Lipinski definition) is 4. The maximum Gasteiger partial charge on any atom is 0.236 e. The quantitative estimate of drug-likeness (QED) is 0.856. The lowest BCUT2D eigenvalue weighted by atomic mass is 9.85. The zero-order valence-corrected chi connectivity index (χ0v) is 18.0. The van der Waals surface area contributed by atoms with Crippen molar-refractivity contribution in [2.24, 2.45) is 0 Å². The first-order valence-electron chi connectivity index (χ1n) is 10.4. The van der Waals surface area contributed by atoms with Crippen LogP contribution in [0, 0.1) is 0 Å². The van der Waals surface area contributed by atoms with Crippen molar-refractivity contribution in [2.75, 3.05) is 37.5 Å². The first kappa shape index (κ1) is 19.8. The van der Waals surface area contributed by atoms with E-state index in [0.717, 1.165) is 42.1 Å². The molecular weight excluding hydrogens is 362 g/mol. The van der Waals surface area contributed by atoms with E-state index in [2.05, 4.69) is 53.7 Å². The summed E-state index contributed by atoms with van der Waals surface area (Å²) in [5.41, 5.74) is 3.81. The van der Waals surface area contributed by atoms with Gasteiger partial charge in [-0.15, -0.1) is 0 Å². The number of ether oxygens (including phenoxy) is 1. The third-order valence-corrected chi connectivity index (χ3v) is 6.63. The Morgan fingerprint density at radius 1 is 1.21 bits per heavy atom. The molecule has 2 heterocycles. The van der Waals surface area contributed by atoms with E-state index in [1.807, 2.05) is 27.0 Å². The van der Waals surface area contributed by atoms with Crippen LogP contribution in [0.25, 0.3) is 0 Å². The number of carbonyl (C=O) groups is 1. The van der Waals surface area contributed by atoms with Gasteiger partial charge in [-0.25, -0.2) is 0 Å². The van der Waals surface area contributed by atoms with Gasteiger partial charge in [-0.1, -0.05) is 30.3 Å². The summed E-state index contributed by atoms with van der Waals surface area (Å²) in [5.74, 6) is 0.928. The minimum atomic E-state index is -0.532. The highest BCUT2D eigenvalue weighted by atomic mass is 16.5. The van der Waals surface area contributed by atoms with E-state index in [4.69, 9.17) is 4.74 Å². The van der Waals surface area contributed by atoms with Crippen molar-refractivity contribution in [1.29, 1.82) is 0 Å². The number of piperidine rings is 1. The van der Waals surface area contributed by atoms with E-state index in [1.54, 1.807) is 12.0 Å². The molecule has 29 heavy (non-hydrogen) atoms. The fraction of sp³-hybridized carbons (Fsp3) is 0.458. The molecule has 1 N–H and O–H groups in total. The van der Waals surface area contributed by atoms with Gasteiger partial charge < -0.3 is 19.9 Å². The summed E-state index contributed by atoms with van der Waals surface area (Å²) in [6, 6.07) is 15.4. The number of anilines is 2. The maximum atomic E-state index is 12.8. The summed E-state index contributed by atoms with van der Waals surface area (Å²) in [6.45, 7) is 5.03. The molecule has 0 radical (unpaired) electrons. The largest absolute Gasteiger partial charge is 0.495 e. The second-order valence-electron chi connectivity index (χ2n) is 8.69. The lowest BCUT2D eigenvalue weighted by molar-refractivity contribution is -0.121. The topological polar surface area (TPSA) is 44.8 Å². The van der Waals surface area contributed by atoms with E-state index in [9.17, 15) is 4.79 Å². The number of likely N-dealkylation sites (N-methyl/N-ethyl adjacent to an activating group) is 2. The first-order chi connectivity index (χ1) is 13.9. The van der Waals surface area contributed by atoms with Gasteiger partial charge in [0.15, 0.2) is 0 Å². The number of carbonyl (C=O) groups excluding carboxylic acids is 1. The van der Waals surface area contributed by atoms with Gasteiger partial charge >= 0.3 is 0 Å². The van der Waals surface area contributed by atoms with Crippen LogP contribution in [0.4, 0.5) is 11.4 Å². The molecule has 4 rings (SSSR count). The molecule has 1 fully saturated rings. The van der Waals surface area contributed by atoms with Crippen LogP contribution in [0.15, 0.2) is 42.5 Å². The highest BCUT2D eigenvalue weighted by molar-refractivity contribution is 6.08. The van der Waals surface area contributed by atoms with Gasteiger partial charge in [0.2, 0.25) is 5.91 Å². The summed E-state index contributed by atoms with van der Waals surface area (Å²) < 4.78 is 5.78. The fourth-order valence-corrected chi connectivity index (χ4v) is 4.89. The van der Waals surface area contributed by atoms with Crippen LogP contribution in [0.1, 0.15) is 43.9 Å². The fourth-order valence-electron chi connectivity index (χ4n) is 4.89. The van der Waals surface area contributed by atoms with Crippen LogP contribution in [0.2, 0.25) is 0 Å².